The predicted octanol–water partition coefficient (Wildman–Crippen LogP) is 0.517. The van der Waals surface area contributed by atoms with Gasteiger partial charge in [-0.3, -0.25) is 9.67 Å². The van der Waals surface area contributed by atoms with Gasteiger partial charge in [0.2, 0.25) is 0 Å². The second-order valence-corrected chi connectivity index (χ2v) is 5.81. The summed E-state index contributed by atoms with van der Waals surface area (Å²) in [5.74, 6) is 1.59. The van der Waals surface area contributed by atoms with Crippen molar-refractivity contribution >= 4 is 11.6 Å². The third-order valence-electron chi connectivity index (χ3n) is 4.23. The molecular formula is C17H25N7O. The molecule has 0 atom stereocenters. The number of rotatable bonds is 5. The van der Waals surface area contributed by atoms with Crippen molar-refractivity contribution in [2.24, 2.45) is 12.0 Å². The molecule has 0 radical (unpaired) electrons. The summed E-state index contributed by atoms with van der Waals surface area (Å²) in [5, 5.41) is 10.7. The summed E-state index contributed by atoms with van der Waals surface area (Å²) in [5.41, 5.74) is 2.49. The molecule has 25 heavy (non-hydrogen) atoms. The Hall–Kier alpha value is -2.61. The minimum Gasteiger partial charge on any atom is -0.378 e. The highest BCUT2D eigenvalue weighted by atomic mass is 16.5. The van der Waals surface area contributed by atoms with Gasteiger partial charge in [-0.15, -0.1) is 0 Å². The van der Waals surface area contributed by atoms with Crippen LogP contribution in [0.5, 0.6) is 0 Å². The molecule has 2 heterocycles. The molecular weight excluding hydrogens is 318 g/mol. The number of anilines is 1. The maximum Gasteiger partial charge on any atom is 0.191 e. The van der Waals surface area contributed by atoms with Gasteiger partial charge in [0.15, 0.2) is 5.96 Å². The van der Waals surface area contributed by atoms with Crippen molar-refractivity contribution in [1.82, 2.24) is 25.4 Å². The normalized spacial score (nSPS) is 15.3. The SMILES string of the molecule is CN=C(NCc1ccccc1N1CCOCC1)NCc1ncnn1C. The summed E-state index contributed by atoms with van der Waals surface area (Å²) in [4.78, 5) is 10.9. The summed E-state index contributed by atoms with van der Waals surface area (Å²) in [7, 11) is 3.64. The number of aryl methyl sites for hydroxylation is 1. The van der Waals surface area contributed by atoms with Crippen molar-refractivity contribution < 1.29 is 4.74 Å². The molecule has 1 aromatic heterocycles. The average Bonchev–Trinajstić information content (AvgIpc) is 3.08. The van der Waals surface area contributed by atoms with Gasteiger partial charge in [-0.1, -0.05) is 18.2 Å². The van der Waals surface area contributed by atoms with Crippen LogP contribution in [0.3, 0.4) is 0 Å². The highest BCUT2D eigenvalue weighted by Crippen LogP contribution is 2.21. The van der Waals surface area contributed by atoms with E-state index < -0.39 is 0 Å². The standard InChI is InChI=1S/C17H25N7O/c1-18-17(20-12-16-21-13-22-23(16)2)19-11-14-5-3-4-6-15(14)24-7-9-25-10-8-24/h3-6,13H,7-12H2,1-2H3,(H2,18,19,20). The van der Waals surface area contributed by atoms with Gasteiger partial charge in [-0.25, -0.2) is 4.98 Å². The molecule has 134 valence electrons. The van der Waals surface area contributed by atoms with Gasteiger partial charge in [0.25, 0.3) is 0 Å². The van der Waals surface area contributed by atoms with Crippen molar-refractivity contribution in [2.75, 3.05) is 38.3 Å². The van der Waals surface area contributed by atoms with Gasteiger partial charge < -0.3 is 20.3 Å². The van der Waals surface area contributed by atoms with Crippen molar-refractivity contribution in [2.45, 2.75) is 13.1 Å². The van der Waals surface area contributed by atoms with E-state index in [0.29, 0.717) is 13.1 Å². The summed E-state index contributed by atoms with van der Waals surface area (Å²) in [6.07, 6.45) is 1.55. The molecule has 1 saturated heterocycles. The molecule has 8 nitrogen and oxygen atoms in total. The third kappa shape index (κ3) is 4.48. The number of benzene rings is 1. The molecule has 0 spiro atoms. The number of hydrogen-bond donors (Lipinski definition) is 2. The van der Waals surface area contributed by atoms with Crippen LogP contribution in [0.2, 0.25) is 0 Å². The maximum absolute atomic E-state index is 5.45. The molecule has 0 aliphatic carbocycles. The maximum atomic E-state index is 5.45. The van der Waals surface area contributed by atoms with E-state index in [0.717, 1.165) is 38.1 Å². The van der Waals surface area contributed by atoms with Gasteiger partial charge in [-0.05, 0) is 11.6 Å². The van der Waals surface area contributed by atoms with E-state index in [-0.39, 0.29) is 0 Å². The van der Waals surface area contributed by atoms with Gasteiger partial charge in [0.05, 0.1) is 19.8 Å². The summed E-state index contributed by atoms with van der Waals surface area (Å²) < 4.78 is 7.20. The smallest absolute Gasteiger partial charge is 0.191 e. The van der Waals surface area contributed by atoms with Gasteiger partial charge in [0, 0.05) is 39.4 Å². The van der Waals surface area contributed by atoms with Crippen LogP contribution in [-0.4, -0.2) is 54.1 Å². The van der Waals surface area contributed by atoms with Crippen LogP contribution in [0.25, 0.3) is 0 Å². The lowest BCUT2D eigenvalue weighted by Crippen LogP contribution is -2.39. The quantitative estimate of drug-likeness (QED) is 0.609. The van der Waals surface area contributed by atoms with E-state index >= 15 is 0 Å². The van der Waals surface area contributed by atoms with Gasteiger partial charge in [0.1, 0.15) is 12.2 Å². The minimum atomic E-state index is 0.571. The molecule has 8 heteroatoms. The van der Waals surface area contributed by atoms with E-state index in [1.54, 1.807) is 18.1 Å². The van der Waals surface area contributed by atoms with E-state index in [9.17, 15) is 0 Å². The monoisotopic (exact) mass is 343 g/mol. The number of hydrogen-bond acceptors (Lipinski definition) is 5. The lowest BCUT2D eigenvalue weighted by atomic mass is 10.1. The van der Waals surface area contributed by atoms with Crippen LogP contribution in [0.15, 0.2) is 35.6 Å². The summed E-state index contributed by atoms with van der Waals surface area (Å²) >= 11 is 0. The predicted molar refractivity (Wildman–Crippen MR) is 97.5 cm³/mol. The van der Waals surface area contributed by atoms with Crippen molar-refractivity contribution in [3.05, 3.63) is 42.0 Å². The van der Waals surface area contributed by atoms with Gasteiger partial charge in [-0.2, -0.15) is 5.10 Å². The van der Waals surface area contributed by atoms with Crippen molar-refractivity contribution in [3.63, 3.8) is 0 Å². The Kier molecular flexibility index (Phi) is 5.84. The number of nitrogens with one attached hydrogen (secondary N) is 2. The number of guanidine groups is 1. The topological polar surface area (TPSA) is 79.6 Å². The third-order valence-corrected chi connectivity index (χ3v) is 4.23. The zero-order valence-electron chi connectivity index (χ0n) is 14.8. The summed E-state index contributed by atoms with van der Waals surface area (Å²) in [6.45, 7) is 4.69. The van der Waals surface area contributed by atoms with Crippen LogP contribution in [-0.2, 0) is 24.9 Å². The van der Waals surface area contributed by atoms with E-state index in [4.69, 9.17) is 4.74 Å². The highest BCUT2D eigenvalue weighted by Gasteiger charge is 2.14. The fraction of sp³-hybridized carbons (Fsp3) is 0.471. The lowest BCUT2D eigenvalue weighted by Gasteiger charge is -2.30. The molecule has 2 N–H and O–H groups in total. The Bertz CT molecular complexity index is 707. The Morgan fingerprint density at radius 3 is 2.68 bits per heavy atom. The summed E-state index contributed by atoms with van der Waals surface area (Å²) in [6, 6.07) is 8.46. The minimum absolute atomic E-state index is 0.571. The zero-order valence-corrected chi connectivity index (χ0v) is 14.8. The molecule has 0 unspecified atom stereocenters. The van der Waals surface area contributed by atoms with Crippen LogP contribution in [0.4, 0.5) is 5.69 Å². The van der Waals surface area contributed by atoms with Crippen LogP contribution >= 0.6 is 0 Å². The Balaban J connectivity index is 1.59. The number of ether oxygens (including phenoxy) is 1. The van der Waals surface area contributed by atoms with Crippen molar-refractivity contribution in [1.29, 1.82) is 0 Å². The van der Waals surface area contributed by atoms with Crippen LogP contribution < -0.4 is 15.5 Å². The Morgan fingerprint density at radius 2 is 1.96 bits per heavy atom. The largest absolute Gasteiger partial charge is 0.378 e. The first-order chi connectivity index (χ1) is 12.3. The van der Waals surface area contributed by atoms with Gasteiger partial charge >= 0.3 is 0 Å². The first-order valence-electron chi connectivity index (χ1n) is 8.46. The second kappa shape index (κ2) is 8.48. The molecule has 3 rings (SSSR count). The van der Waals surface area contributed by atoms with Crippen molar-refractivity contribution in [3.8, 4) is 0 Å². The lowest BCUT2D eigenvalue weighted by molar-refractivity contribution is 0.122. The average molecular weight is 343 g/mol. The number of morpholine rings is 1. The second-order valence-electron chi connectivity index (χ2n) is 5.81. The molecule has 0 bridgehead atoms. The first kappa shape index (κ1) is 17.2. The first-order valence-corrected chi connectivity index (χ1v) is 8.46. The van der Waals surface area contributed by atoms with E-state index in [1.807, 2.05) is 7.05 Å². The highest BCUT2D eigenvalue weighted by molar-refractivity contribution is 5.79. The number of nitrogens with zero attached hydrogens (tertiary/aromatic N) is 5. The molecule has 1 aliphatic heterocycles. The van der Waals surface area contributed by atoms with E-state index in [1.165, 1.54) is 11.3 Å². The fourth-order valence-corrected chi connectivity index (χ4v) is 2.82. The van der Waals surface area contributed by atoms with Crippen LogP contribution in [0, 0.1) is 0 Å². The van der Waals surface area contributed by atoms with Crippen LogP contribution in [0.1, 0.15) is 11.4 Å². The zero-order chi connectivity index (χ0) is 17.5. The molecule has 0 amide bonds. The Labute approximate surface area is 147 Å². The fourth-order valence-electron chi connectivity index (χ4n) is 2.82. The number of aromatic nitrogens is 3. The molecule has 1 aromatic carbocycles. The number of aliphatic imine (C=N–C) groups is 1. The number of para-hydroxylation sites is 1. The molecule has 2 aromatic rings. The molecule has 1 fully saturated rings. The molecule has 0 saturated carbocycles. The molecule has 1 aliphatic rings. The Morgan fingerprint density at radius 1 is 1.20 bits per heavy atom. The van der Waals surface area contributed by atoms with E-state index in [2.05, 4.69) is 54.9 Å².